The summed E-state index contributed by atoms with van der Waals surface area (Å²) >= 11 is 12.8. The van der Waals surface area contributed by atoms with E-state index in [2.05, 4.69) is 32.8 Å². The van der Waals surface area contributed by atoms with Crippen LogP contribution >= 0.6 is 23.2 Å². The van der Waals surface area contributed by atoms with Crippen LogP contribution in [0.1, 0.15) is 28.8 Å². The number of rotatable bonds is 6. The average Bonchev–Trinajstić information content (AvgIpc) is 2.87. The molecule has 1 saturated heterocycles. The van der Waals surface area contributed by atoms with Gasteiger partial charge in [0, 0.05) is 31.8 Å². The van der Waals surface area contributed by atoms with E-state index >= 15 is 0 Å². The maximum atomic E-state index is 9.24. The quantitative estimate of drug-likeness (QED) is 0.362. The van der Waals surface area contributed by atoms with Crippen LogP contribution < -0.4 is 4.90 Å². The lowest BCUT2D eigenvalue weighted by molar-refractivity contribution is 0.0758. The molecule has 2 atom stereocenters. The molecule has 0 unspecified atom stereocenters. The fraction of sp³-hybridized carbons (Fsp3) is 0.259. The summed E-state index contributed by atoms with van der Waals surface area (Å²) in [5.41, 5.74) is 4.32. The van der Waals surface area contributed by atoms with Crippen molar-refractivity contribution in [3.8, 4) is 6.07 Å². The molecule has 172 valence electrons. The van der Waals surface area contributed by atoms with Gasteiger partial charge < -0.3 is 9.64 Å². The first-order chi connectivity index (χ1) is 16.5. The molecular weight excluding hydrogens is 467 g/mol. The van der Waals surface area contributed by atoms with Crippen LogP contribution in [-0.4, -0.2) is 38.3 Å². The Morgan fingerprint density at radius 1 is 1.09 bits per heavy atom. The Bertz CT molecular complexity index is 1220. The molecule has 0 amide bonds. The lowest BCUT2D eigenvalue weighted by atomic mass is 9.97. The standard InChI is InChI=1S/C27H24Cl2N4O/c1-31-23-10-6-21(7-11-23)27(18-34-2)32-13-14-33(25-12-3-19(16-30)15-24(25)29)26(17-32)20-4-8-22(28)9-5-20/h3-12,15,26-27H,13-14,17-18H2,2H3/t26-,27-/m0/s1. The Kier molecular flexibility index (Phi) is 7.73. The van der Waals surface area contributed by atoms with Crippen LogP contribution in [0.25, 0.3) is 4.85 Å². The molecule has 3 aromatic carbocycles. The Morgan fingerprint density at radius 3 is 2.44 bits per heavy atom. The van der Waals surface area contributed by atoms with Crippen molar-refractivity contribution in [1.82, 2.24) is 4.90 Å². The summed E-state index contributed by atoms with van der Waals surface area (Å²) in [5, 5.41) is 10.5. The largest absolute Gasteiger partial charge is 0.383 e. The second kappa shape index (κ2) is 10.9. The molecule has 5 nitrogen and oxygen atoms in total. The van der Waals surface area contributed by atoms with Gasteiger partial charge in [0.1, 0.15) is 0 Å². The van der Waals surface area contributed by atoms with Crippen molar-refractivity contribution in [1.29, 1.82) is 5.26 Å². The topological polar surface area (TPSA) is 43.9 Å². The van der Waals surface area contributed by atoms with Crippen molar-refractivity contribution in [3.05, 3.63) is 105 Å². The van der Waals surface area contributed by atoms with Gasteiger partial charge in [0.15, 0.2) is 5.69 Å². The molecule has 34 heavy (non-hydrogen) atoms. The summed E-state index contributed by atoms with van der Waals surface area (Å²) in [6, 6.07) is 23.3. The van der Waals surface area contributed by atoms with Gasteiger partial charge in [-0.2, -0.15) is 5.26 Å². The van der Waals surface area contributed by atoms with Gasteiger partial charge in [0.25, 0.3) is 0 Å². The molecule has 4 rings (SSSR count). The predicted molar refractivity (Wildman–Crippen MR) is 137 cm³/mol. The maximum Gasteiger partial charge on any atom is 0.187 e. The van der Waals surface area contributed by atoms with Crippen molar-refractivity contribution < 1.29 is 4.74 Å². The summed E-state index contributed by atoms with van der Waals surface area (Å²) in [7, 11) is 1.71. The maximum absolute atomic E-state index is 9.24. The van der Waals surface area contributed by atoms with E-state index < -0.39 is 0 Å². The van der Waals surface area contributed by atoms with Crippen LogP contribution in [0.4, 0.5) is 11.4 Å². The highest BCUT2D eigenvalue weighted by Crippen LogP contribution is 2.38. The van der Waals surface area contributed by atoms with E-state index in [1.165, 1.54) is 0 Å². The molecule has 0 radical (unpaired) electrons. The number of hydrogen-bond acceptors (Lipinski definition) is 4. The third-order valence-corrected chi connectivity index (χ3v) is 6.78. The normalized spacial score (nSPS) is 17.1. The van der Waals surface area contributed by atoms with Crippen LogP contribution in [0.3, 0.4) is 0 Å². The van der Waals surface area contributed by atoms with Crippen LogP contribution in [0.2, 0.25) is 10.0 Å². The van der Waals surface area contributed by atoms with Gasteiger partial charge in [-0.15, -0.1) is 0 Å². The number of anilines is 1. The molecule has 0 aromatic heterocycles. The van der Waals surface area contributed by atoms with Crippen molar-refractivity contribution in [2.24, 2.45) is 0 Å². The third kappa shape index (κ3) is 5.20. The zero-order chi connectivity index (χ0) is 24.1. The smallest absolute Gasteiger partial charge is 0.187 e. The van der Waals surface area contributed by atoms with Gasteiger partial charge in [-0.05, 0) is 41.5 Å². The number of hydrogen-bond donors (Lipinski definition) is 0. The molecule has 1 aliphatic heterocycles. The van der Waals surface area contributed by atoms with Gasteiger partial charge in [-0.25, -0.2) is 4.85 Å². The van der Waals surface area contributed by atoms with Crippen LogP contribution in [0.15, 0.2) is 66.7 Å². The number of nitrogens with zero attached hydrogens (tertiary/aromatic N) is 4. The zero-order valence-corrected chi connectivity index (χ0v) is 20.3. The number of benzene rings is 3. The molecule has 0 bridgehead atoms. The first kappa shape index (κ1) is 24.1. The van der Waals surface area contributed by atoms with Gasteiger partial charge in [-0.3, -0.25) is 4.90 Å². The first-order valence-corrected chi connectivity index (χ1v) is 11.7. The second-order valence-corrected chi connectivity index (χ2v) is 9.05. The van der Waals surface area contributed by atoms with Gasteiger partial charge >= 0.3 is 0 Å². The van der Waals surface area contributed by atoms with E-state index in [-0.39, 0.29) is 12.1 Å². The van der Waals surface area contributed by atoms with E-state index in [0.717, 1.165) is 36.4 Å². The lowest BCUT2D eigenvalue weighted by Gasteiger charge is -2.46. The number of piperazine rings is 1. The zero-order valence-electron chi connectivity index (χ0n) is 18.8. The van der Waals surface area contributed by atoms with Crippen molar-refractivity contribution in [3.63, 3.8) is 0 Å². The molecule has 1 fully saturated rings. The summed E-state index contributed by atoms with van der Waals surface area (Å²) in [6.45, 7) is 10.1. The molecule has 1 heterocycles. The van der Waals surface area contributed by atoms with E-state index in [0.29, 0.717) is 27.9 Å². The summed E-state index contributed by atoms with van der Waals surface area (Å²) in [5.74, 6) is 0. The Hall–Kier alpha value is -3.06. The first-order valence-electron chi connectivity index (χ1n) is 11.0. The van der Waals surface area contributed by atoms with E-state index in [4.69, 9.17) is 34.5 Å². The molecule has 1 aliphatic rings. The van der Waals surface area contributed by atoms with Crippen LogP contribution in [0.5, 0.6) is 0 Å². The molecule has 0 aliphatic carbocycles. The van der Waals surface area contributed by atoms with Crippen molar-refractivity contribution >= 4 is 34.6 Å². The minimum atomic E-state index is 0.0262. The van der Waals surface area contributed by atoms with E-state index in [1.54, 1.807) is 19.2 Å². The van der Waals surface area contributed by atoms with Crippen LogP contribution in [-0.2, 0) is 4.74 Å². The highest BCUT2D eigenvalue weighted by atomic mass is 35.5. The highest BCUT2D eigenvalue weighted by molar-refractivity contribution is 6.33. The Morgan fingerprint density at radius 2 is 1.82 bits per heavy atom. The van der Waals surface area contributed by atoms with Gasteiger partial charge in [0.05, 0.1) is 47.6 Å². The molecule has 0 spiro atoms. The lowest BCUT2D eigenvalue weighted by Crippen LogP contribution is -2.50. The van der Waals surface area contributed by atoms with Crippen molar-refractivity contribution in [2.45, 2.75) is 12.1 Å². The fourth-order valence-electron chi connectivity index (χ4n) is 4.50. The molecular formula is C27H24Cl2N4O. The molecule has 0 N–H and O–H groups in total. The number of halogens is 2. The SMILES string of the molecule is [C-]#[N+]c1ccc([C@H](COC)N2CCN(c3ccc(C#N)cc3Cl)[C@H](c3ccc(Cl)cc3)C2)cc1. The van der Waals surface area contributed by atoms with Gasteiger partial charge in [-0.1, -0.05) is 59.6 Å². The summed E-state index contributed by atoms with van der Waals surface area (Å²) in [6.07, 6.45) is 0. The predicted octanol–water partition coefficient (Wildman–Crippen LogP) is 6.67. The molecule has 0 saturated carbocycles. The second-order valence-electron chi connectivity index (χ2n) is 8.21. The highest BCUT2D eigenvalue weighted by Gasteiger charge is 2.33. The number of nitriles is 1. The van der Waals surface area contributed by atoms with Crippen molar-refractivity contribution in [2.75, 3.05) is 38.3 Å². The minimum Gasteiger partial charge on any atom is -0.383 e. The minimum absolute atomic E-state index is 0.0262. The fourth-order valence-corrected chi connectivity index (χ4v) is 4.91. The summed E-state index contributed by atoms with van der Waals surface area (Å²) in [4.78, 5) is 8.23. The number of methoxy groups -OCH3 is 1. The van der Waals surface area contributed by atoms with E-state index in [1.807, 2.05) is 42.5 Å². The third-order valence-electron chi connectivity index (χ3n) is 6.23. The molecule has 3 aromatic rings. The summed E-state index contributed by atoms with van der Waals surface area (Å²) < 4.78 is 5.60. The number of ether oxygens (including phenoxy) is 1. The van der Waals surface area contributed by atoms with Gasteiger partial charge in [0.2, 0.25) is 0 Å². The van der Waals surface area contributed by atoms with E-state index in [9.17, 15) is 5.26 Å². The average molecular weight is 491 g/mol. The molecule has 7 heteroatoms. The van der Waals surface area contributed by atoms with Crippen LogP contribution in [0, 0.1) is 17.9 Å². The Labute approximate surface area is 210 Å². The monoisotopic (exact) mass is 490 g/mol. The Balaban J connectivity index is 1.69.